The zero-order valence-electron chi connectivity index (χ0n) is 30.7. The Morgan fingerprint density at radius 1 is 0.560 bits per heavy atom. The van der Waals surface area contributed by atoms with Crippen molar-refractivity contribution >= 4 is 19.8 Å². The van der Waals surface area contributed by atoms with Crippen LogP contribution >= 0.6 is 7.82 Å². The molecule has 0 aromatic heterocycles. The summed E-state index contributed by atoms with van der Waals surface area (Å²) in [6, 6.07) is 0. The first-order chi connectivity index (χ1) is 24.3. The normalized spacial score (nSPS) is 14.7. The Bertz CT molecular complexity index is 1170. The van der Waals surface area contributed by atoms with Crippen molar-refractivity contribution in [3.8, 4) is 0 Å². The highest BCUT2D eigenvalue weighted by Gasteiger charge is 2.25. The number of hydrogen-bond acceptors (Lipinski definition) is 7. The topological polar surface area (TPSA) is 108 Å². The van der Waals surface area contributed by atoms with E-state index in [0.29, 0.717) is 12.8 Å². The number of allylic oxidation sites excluding steroid dienone is 17. The number of unbranched alkanes of at least 4 members (excludes halogenated alkanes) is 2. The Morgan fingerprint density at radius 3 is 1.46 bits per heavy atom. The maximum Gasteiger partial charge on any atom is 0.472 e. The van der Waals surface area contributed by atoms with Crippen molar-refractivity contribution in [3.05, 3.63) is 109 Å². The molecule has 280 valence electrons. The Hall–Kier alpha value is -3.29. The molecule has 0 saturated heterocycles. The summed E-state index contributed by atoms with van der Waals surface area (Å²) < 4.78 is 32.3. The maximum atomic E-state index is 12.4. The first-order valence-electron chi connectivity index (χ1n) is 18.2. The zero-order valence-corrected chi connectivity index (χ0v) is 31.6. The Labute approximate surface area is 302 Å². The third kappa shape index (κ3) is 34.6. The molecule has 0 spiro atoms. The van der Waals surface area contributed by atoms with E-state index >= 15 is 0 Å². The molecule has 0 saturated carbocycles. The summed E-state index contributed by atoms with van der Waals surface area (Å²) in [6.07, 6.45) is 47.5. The molecule has 1 N–H and O–H groups in total. The lowest BCUT2D eigenvalue weighted by molar-refractivity contribution is -0.160. The van der Waals surface area contributed by atoms with Crippen molar-refractivity contribution in [2.75, 3.05) is 19.8 Å². The summed E-state index contributed by atoms with van der Waals surface area (Å²) in [6.45, 7) is 5.03. The molecule has 0 bridgehead atoms. The molecule has 0 aliphatic heterocycles. The van der Waals surface area contributed by atoms with Crippen molar-refractivity contribution < 1.29 is 37.6 Å². The van der Waals surface area contributed by atoms with Crippen LogP contribution in [-0.2, 0) is 32.7 Å². The molecule has 2 unspecified atom stereocenters. The zero-order chi connectivity index (χ0) is 36.8. The number of phosphoric acid groups is 1. The molecule has 0 rings (SSSR count). The van der Waals surface area contributed by atoms with Crippen LogP contribution in [0.3, 0.4) is 0 Å². The highest BCUT2D eigenvalue weighted by molar-refractivity contribution is 7.47. The smallest absolute Gasteiger partial charge is 0.462 e. The van der Waals surface area contributed by atoms with Gasteiger partial charge in [-0.15, -0.1) is 0 Å². The first-order valence-corrected chi connectivity index (χ1v) is 19.7. The molecule has 8 nitrogen and oxygen atoms in total. The Balaban J connectivity index is 4.43. The predicted octanol–water partition coefficient (Wildman–Crippen LogP) is 11.1. The number of carbonyl (C=O) groups is 2. The summed E-state index contributed by atoms with van der Waals surface area (Å²) in [5, 5.41) is 0. The summed E-state index contributed by atoms with van der Waals surface area (Å²) in [5.41, 5.74) is 0. The van der Waals surface area contributed by atoms with Crippen LogP contribution < -0.4 is 0 Å². The standard InChI is InChI=1S/C41H63O8P/c1-4-7-9-11-13-15-17-19-21-23-25-27-29-31-33-35-40(42)46-37-39(38-48-50(44,45)47-6-3)49-41(43)36-34-32-30-28-26-24-22-20-18-16-14-12-10-8-5-2/h7-10,13-16,19-22,25-28,32,34,39H,4-6,11-12,17-18,23-24,29-31,33,35-38H2,1-3H3,(H,44,45)/b9-7-,10-8-,15-13-,16-14-,21-19-,22-20-,27-25-,28-26-,34-32-. The number of phosphoric ester groups is 1. The van der Waals surface area contributed by atoms with Gasteiger partial charge >= 0.3 is 19.8 Å². The van der Waals surface area contributed by atoms with Gasteiger partial charge < -0.3 is 14.4 Å². The first kappa shape index (κ1) is 46.7. The van der Waals surface area contributed by atoms with Crippen LogP contribution in [0.4, 0.5) is 0 Å². The second-order valence-corrected chi connectivity index (χ2v) is 12.6. The quantitative estimate of drug-likeness (QED) is 0.0327. The van der Waals surface area contributed by atoms with Gasteiger partial charge in [0.05, 0.1) is 19.6 Å². The van der Waals surface area contributed by atoms with Crippen molar-refractivity contribution in [3.63, 3.8) is 0 Å². The molecule has 0 fully saturated rings. The third-order valence-corrected chi connectivity index (χ3v) is 7.67. The lowest BCUT2D eigenvalue weighted by Crippen LogP contribution is -2.29. The van der Waals surface area contributed by atoms with E-state index < -0.39 is 32.5 Å². The van der Waals surface area contributed by atoms with Crippen LogP contribution in [0.1, 0.15) is 111 Å². The molecular formula is C41H63O8P. The van der Waals surface area contributed by atoms with Crippen LogP contribution in [0, 0.1) is 0 Å². The molecule has 0 amide bonds. The Kier molecular flexibility index (Phi) is 33.2. The third-order valence-electron chi connectivity index (χ3n) is 6.61. The Morgan fingerprint density at radius 2 is 1.00 bits per heavy atom. The molecule has 2 atom stereocenters. The molecule has 50 heavy (non-hydrogen) atoms. The minimum atomic E-state index is -4.32. The summed E-state index contributed by atoms with van der Waals surface area (Å²) >= 11 is 0. The average Bonchev–Trinajstić information content (AvgIpc) is 3.09. The molecule has 9 heteroatoms. The SMILES string of the molecule is CC/C=C\C/C=C\C/C=C\C/C=C\C/C=C\CC(=O)OC(COC(=O)CCCC/C=C\C/C=C\C/C=C\C/C=C\CC)COP(=O)(O)OCC. The highest BCUT2D eigenvalue weighted by Crippen LogP contribution is 2.43. The largest absolute Gasteiger partial charge is 0.472 e. The maximum absolute atomic E-state index is 12.4. The van der Waals surface area contributed by atoms with Gasteiger partial charge in [-0.1, -0.05) is 123 Å². The van der Waals surface area contributed by atoms with E-state index in [9.17, 15) is 19.0 Å². The second kappa shape index (κ2) is 35.5. The highest BCUT2D eigenvalue weighted by atomic mass is 31.2. The van der Waals surface area contributed by atoms with Crippen LogP contribution in [0.2, 0.25) is 0 Å². The van der Waals surface area contributed by atoms with Crippen molar-refractivity contribution in [2.24, 2.45) is 0 Å². The van der Waals surface area contributed by atoms with E-state index in [1.807, 2.05) is 12.2 Å². The number of hydrogen-bond donors (Lipinski definition) is 1. The van der Waals surface area contributed by atoms with Gasteiger partial charge in [-0.3, -0.25) is 18.6 Å². The molecule has 0 radical (unpaired) electrons. The van der Waals surface area contributed by atoms with Crippen molar-refractivity contribution in [1.29, 1.82) is 0 Å². The van der Waals surface area contributed by atoms with E-state index in [1.54, 1.807) is 13.0 Å². The lowest BCUT2D eigenvalue weighted by atomic mass is 10.2. The molecule has 0 aliphatic carbocycles. The van der Waals surface area contributed by atoms with E-state index in [0.717, 1.165) is 64.2 Å². The van der Waals surface area contributed by atoms with Crippen LogP contribution in [0.25, 0.3) is 0 Å². The number of ether oxygens (including phenoxy) is 2. The summed E-state index contributed by atoms with van der Waals surface area (Å²) in [5.74, 6) is -1.01. The monoisotopic (exact) mass is 714 g/mol. The number of carbonyl (C=O) groups excluding carboxylic acids is 2. The minimum Gasteiger partial charge on any atom is -0.462 e. The van der Waals surface area contributed by atoms with Gasteiger partial charge in [0, 0.05) is 6.42 Å². The molecule has 0 aromatic carbocycles. The van der Waals surface area contributed by atoms with Gasteiger partial charge in [-0.2, -0.15) is 0 Å². The molecule has 0 heterocycles. The van der Waals surface area contributed by atoms with Gasteiger partial charge in [0.15, 0.2) is 6.10 Å². The fourth-order valence-electron chi connectivity index (χ4n) is 4.05. The summed E-state index contributed by atoms with van der Waals surface area (Å²) in [7, 11) is -4.32. The lowest BCUT2D eigenvalue weighted by Gasteiger charge is -2.19. The van der Waals surface area contributed by atoms with Crippen LogP contribution in [0.5, 0.6) is 0 Å². The molecular weight excluding hydrogens is 651 g/mol. The second-order valence-electron chi connectivity index (χ2n) is 11.1. The van der Waals surface area contributed by atoms with E-state index in [-0.39, 0.29) is 26.1 Å². The van der Waals surface area contributed by atoms with Crippen LogP contribution in [-0.4, -0.2) is 42.8 Å². The number of rotatable bonds is 31. The molecule has 0 aromatic rings. The average molecular weight is 715 g/mol. The fourth-order valence-corrected chi connectivity index (χ4v) is 4.80. The van der Waals surface area contributed by atoms with E-state index in [1.165, 1.54) is 0 Å². The van der Waals surface area contributed by atoms with Gasteiger partial charge in [-0.25, -0.2) is 4.57 Å². The fraction of sp³-hybridized carbons (Fsp3) is 0.512. The van der Waals surface area contributed by atoms with Gasteiger partial charge in [-0.05, 0) is 84.0 Å². The van der Waals surface area contributed by atoms with Crippen LogP contribution in [0.15, 0.2) is 109 Å². The van der Waals surface area contributed by atoms with Gasteiger partial charge in [0.25, 0.3) is 0 Å². The summed E-state index contributed by atoms with van der Waals surface area (Å²) in [4.78, 5) is 34.5. The minimum absolute atomic E-state index is 0.00247. The van der Waals surface area contributed by atoms with E-state index in [4.69, 9.17) is 18.5 Å². The van der Waals surface area contributed by atoms with Crippen molar-refractivity contribution in [2.45, 2.75) is 117 Å². The van der Waals surface area contributed by atoms with Crippen molar-refractivity contribution in [1.82, 2.24) is 0 Å². The van der Waals surface area contributed by atoms with E-state index in [2.05, 4.69) is 105 Å². The van der Waals surface area contributed by atoms with Gasteiger partial charge in [0.1, 0.15) is 6.61 Å². The predicted molar refractivity (Wildman–Crippen MR) is 206 cm³/mol. The number of esters is 2. The van der Waals surface area contributed by atoms with Gasteiger partial charge in [0.2, 0.25) is 0 Å². The molecule has 0 aliphatic rings.